The molecular formula is C23H19N3O3. The normalized spacial score (nSPS) is 18.6. The molecule has 0 atom stereocenters. The van der Waals surface area contributed by atoms with Gasteiger partial charge >= 0.3 is 0 Å². The fraction of sp³-hybridized carbons (Fsp3) is 0.261. The van der Waals surface area contributed by atoms with Gasteiger partial charge in [0.15, 0.2) is 5.78 Å². The molecule has 0 radical (unpaired) electrons. The minimum atomic E-state index is -0.00932. The van der Waals surface area contributed by atoms with Gasteiger partial charge in [0.2, 0.25) is 0 Å². The number of fused-ring (bicyclic) bond motifs is 9. The summed E-state index contributed by atoms with van der Waals surface area (Å²) in [4.78, 5) is 37.9. The Morgan fingerprint density at radius 3 is 2.90 bits per heavy atom. The molecule has 2 aromatic rings. The molecule has 0 bridgehead atoms. The van der Waals surface area contributed by atoms with Crippen molar-refractivity contribution in [2.75, 3.05) is 13.7 Å². The van der Waals surface area contributed by atoms with Crippen molar-refractivity contribution >= 4 is 46.7 Å². The summed E-state index contributed by atoms with van der Waals surface area (Å²) in [6.07, 6.45) is 10.6. The summed E-state index contributed by atoms with van der Waals surface area (Å²) in [5.74, 6) is 0.0345. The number of aromatic nitrogens is 1. The molecule has 0 spiro atoms. The van der Waals surface area contributed by atoms with Gasteiger partial charge in [0.25, 0.3) is 5.91 Å². The number of ketones is 1. The van der Waals surface area contributed by atoms with E-state index in [-0.39, 0.29) is 18.1 Å². The first kappa shape index (κ1) is 16.5. The molecule has 0 unspecified atom stereocenters. The fourth-order valence-corrected chi connectivity index (χ4v) is 5.03. The molecule has 144 valence electrons. The lowest BCUT2D eigenvalue weighted by molar-refractivity contribution is -0.114. The third-order valence-electron chi connectivity index (χ3n) is 6.19. The quantitative estimate of drug-likeness (QED) is 0.778. The molecule has 0 fully saturated rings. The van der Waals surface area contributed by atoms with Crippen LogP contribution >= 0.6 is 0 Å². The zero-order chi connectivity index (χ0) is 19.9. The fourth-order valence-electron chi connectivity index (χ4n) is 5.03. The Morgan fingerprint density at radius 1 is 1.21 bits per heavy atom. The summed E-state index contributed by atoms with van der Waals surface area (Å²) in [5.41, 5.74) is 6.46. The van der Waals surface area contributed by atoms with E-state index in [2.05, 4.69) is 11.1 Å². The first-order valence-corrected chi connectivity index (χ1v) is 9.90. The molecule has 6 nitrogen and oxygen atoms in total. The highest BCUT2D eigenvalue weighted by molar-refractivity contribution is 6.14. The maximum absolute atomic E-state index is 13.2. The molecule has 3 heterocycles. The van der Waals surface area contributed by atoms with Crippen molar-refractivity contribution in [3.63, 3.8) is 0 Å². The summed E-state index contributed by atoms with van der Waals surface area (Å²) < 4.78 is 1.82. The van der Waals surface area contributed by atoms with Crippen LogP contribution in [0.15, 0.2) is 22.7 Å². The molecule has 0 saturated heterocycles. The summed E-state index contributed by atoms with van der Waals surface area (Å²) in [6.45, 7) is 2.97. The van der Waals surface area contributed by atoms with E-state index < -0.39 is 0 Å². The van der Waals surface area contributed by atoms with Crippen molar-refractivity contribution in [1.82, 2.24) is 9.63 Å². The molecule has 2 aliphatic heterocycles. The lowest BCUT2D eigenvalue weighted by atomic mass is 9.90. The number of nitrogens with zero attached hydrogens (tertiary/aromatic N) is 3. The summed E-state index contributed by atoms with van der Waals surface area (Å²) in [6, 6.07) is 0. The Balaban J connectivity index is 1.91. The van der Waals surface area contributed by atoms with Crippen LogP contribution in [0.25, 0.3) is 28.8 Å². The standard InChI is InChI=1S/C23H19N3O3/c1-3-29-26-17-7-5-13(27)10-15(17)19-20-16(11-25(2)23(20)28)18-14(22(19)26)6-4-12-8-9-24-21(12)18/h5-9H,3-4,10-11H2,1-2H3. The van der Waals surface area contributed by atoms with Crippen molar-refractivity contribution in [3.05, 3.63) is 50.5 Å². The number of carbonyl (C=O) groups excluding carboxylic acids is 2. The van der Waals surface area contributed by atoms with Gasteiger partial charge in [-0.2, -0.15) is 4.73 Å². The van der Waals surface area contributed by atoms with E-state index in [1.54, 1.807) is 11.0 Å². The molecule has 1 aromatic heterocycles. The van der Waals surface area contributed by atoms with Crippen LogP contribution in [-0.2, 0) is 17.8 Å². The minimum absolute atomic E-state index is 0.00932. The molecule has 29 heavy (non-hydrogen) atoms. The number of benzene rings is 1. The van der Waals surface area contributed by atoms with Gasteiger partial charge < -0.3 is 9.74 Å². The molecule has 4 aliphatic rings. The number of allylic oxidation sites excluding steroid dienone is 2. The SMILES string of the molecule is CCOn1c2c(c3c4c(c5c(c31)=CCC1=CC=NC=51)CN(C)C4=O)CC(=O)C=C2. The van der Waals surface area contributed by atoms with Crippen molar-refractivity contribution in [2.24, 2.45) is 4.99 Å². The lowest BCUT2D eigenvalue weighted by Gasteiger charge is -2.15. The number of amides is 1. The van der Waals surface area contributed by atoms with E-state index in [0.717, 1.165) is 50.3 Å². The zero-order valence-electron chi connectivity index (χ0n) is 16.3. The van der Waals surface area contributed by atoms with Gasteiger partial charge in [0, 0.05) is 42.1 Å². The van der Waals surface area contributed by atoms with E-state index in [1.165, 1.54) is 5.57 Å². The molecule has 1 aromatic carbocycles. The number of hydrogen-bond donors (Lipinski definition) is 0. The highest BCUT2D eigenvalue weighted by Gasteiger charge is 2.35. The van der Waals surface area contributed by atoms with Gasteiger partial charge in [-0.05, 0) is 48.3 Å². The van der Waals surface area contributed by atoms with Crippen LogP contribution in [0.1, 0.15) is 40.5 Å². The van der Waals surface area contributed by atoms with Crippen LogP contribution in [0.3, 0.4) is 0 Å². The molecule has 6 rings (SSSR count). The van der Waals surface area contributed by atoms with Crippen LogP contribution in [0.4, 0.5) is 0 Å². The van der Waals surface area contributed by atoms with Crippen molar-refractivity contribution in [3.8, 4) is 0 Å². The largest absolute Gasteiger partial charge is 0.414 e. The molecule has 0 N–H and O–H groups in total. The third-order valence-corrected chi connectivity index (χ3v) is 6.19. The average Bonchev–Trinajstić information content (AvgIpc) is 3.38. The second-order valence-corrected chi connectivity index (χ2v) is 7.81. The smallest absolute Gasteiger partial charge is 0.254 e. The highest BCUT2D eigenvalue weighted by atomic mass is 16.7. The third kappa shape index (κ3) is 1.98. The summed E-state index contributed by atoms with van der Waals surface area (Å²) in [5, 5.41) is 2.94. The molecule has 2 aliphatic carbocycles. The van der Waals surface area contributed by atoms with Crippen LogP contribution in [0.5, 0.6) is 0 Å². The van der Waals surface area contributed by atoms with Gasteiger partial charge in [-0.1, -0.05) is 6.08 Å². The minimum Gasteiger partial charge on any atom is -0.414 e. The molecule has 1 amide bonds. The maximum atomic E-state index is 13.2. The summed E-state index contributed by atoms with van der Waals surface area (Å²) in [7, 11) is 1.82. The first-order chi connectivity index (χ1) is 14.1. The predicted octanol–water partition coefficient (Wildman–Crippen LogP) is 1.12. The Labute approximate surface area is 166 Å². The second kappa shape index (κ2) is 5.56. The Hall–Kier alpha value is -3.41. The van der Waals surface area contributed by atoms with Crippen molar-refractivity contribution in [2.45, 2.75) is 26.3 Å². The van der Waals surface area contributed by atoms with E-state index in [4.69, 9.17) is 4.84 Å². The van der Waals surface area contributed by atoms with Crippen LogP contribution < -0.4 is 15.3 Å². The first-order valence-electron chi connectivity index (χ1n) is 9.90. The number of aliphatic imine (C=N–C) groups is 1. The van der Waals surface area contributed by atoms with Gasteiger partial charge in [-0.25, -0.2) is 0 Å². The van der Waals surface area contributed by atoms with Crippen molar-refractivity contribution in [1.29, 1.82) is 0 Å². The zero-order valence-corrected chi connectivity index (χ0v) is 16.3. The van der Waals surface area contributed by atoms with E-state index in [0.29, 0.717) is 18.7 Å². The van der Waals surface area contributed by atoms with E-state index >= 15 is 0 Å². The van der Waals surface area contributed by atoms with Gasteiger partial charge in [0.1, 0.15) is 6.61 Å². The van der Waals surface area contributed by atoms with Gasteiger partial charge in [0.05, 0.1) is 22.5 Å². The highest BCUT2D eigenvalue weighted by Crippen LogP contribution is 2.36. The molecular weight excluding hydrogens is 366 g/mol. The average molecular weight is 385 g/mol. The van der Waals surface area contributed by atoms with Crippen LogP contribution in [0, 0.1) is 0 Å². The molecule has 0 saturated carbocycles. The van der Waals surface area contributed by atoms with E-state index in [9.17, 15) is 9.59 Å². The Bertz CT molecular complexity index is 1390. The Kier molecular flexibility index (Phi) is 3.17. The maximum Gasteiger partial charge on any atom is 0.254 e. The van der Waals surface area contributed by atoms with Gasteiger partial charge in [-0.15, -0.1) is 0 Å². The topological polar surface area (TPSA) is 63.9 Å². The van der Waals surface area contributed by atoms with Crippen LogP contribution in [-0.4, -0.2) is 41.2 Å². The monoisotopic (exact) mass is 385 g/mol. The predicted molar refractivity (Wildman–Crippen MR) is 111 cm³/mol. The summed E-state index contributed by atoms with van der Waals surface area (Å²) >= 11 is 0. The van der Waals surface area contributed by atoms with Crippen molar-refractivity contribution < 1.29 is 14.4 Å². The molecule has 6 heteroatoms. The Morgan fingerprint density at radius 2 is 2.07 bits per heavy atom. The number of carbonyl (C=O) groups is 2. The van der Waals surface area contributed by atoms with Gasteiger partial charge in [-0.3, -0.25) is 14.6 Å². The second-order valence-electron chi connectivity index (χ2n) is 7.81. The lowest BCUT2D eigenvalue weighted by Crippen LogP contribution is -2.36. The van der Waals surface area contributed by atoms with E-state index in [1.807, 2.05) is 37.1 Å². The van der Waals surface area contributed by atoms with Crippen LogP contribution in [0.2, 0.25) is 0 Å². The number of rotatable bonds is 2. The number of hydrogen-bond acceptors (Lipinski definition) is 4.